The van der Waals surface area contributed by atoms with Gasteiger partial charge in [-0.15, -0.1) is 0 Å². The van der Waals surface area contributed by atoms with Crippen LogP contribution in [-0.2, 0) is 6.42 Å². The van der Waals surface area contributed by atoms with Crippen molar-refractivity contribution in [3.8, 4) is 0 Å². The first-order valence-corrected chi connectivity index (χ1v) is 6.33. The lowest BCUT2D eigenvalue weighted by Gasteiger charge is -2.16. The summed E-state index contributed by atoms with van der Waals surface area (Å²) in [6.45, 7) is 4.97. The molecule has 1 N–H and O–H groups in total. The summed E-state index contributed by atoms with van der Waals surface area (Å²) in [5, 5.41) is 3.60. The molecule has 1 aromatic carbocycles. The normalized spacial score (nSPS) is 12.8. The van der Waals surface area contributed by atoms with Crippen molar-refractivity contribution >= 4 is 11.6 Å². The first kappa shape index (κ1) is 14.4. The zero-order valence-corrected chi connectivity index (χ0v) is 11.0. The third-order valence-electron chi connectivity index (χ3n) is 2.87. The van der Waals surface area contributed by atoms with Gasteiger partial charge >= 0.3 is 0 Å². The van der Waals surface area contributed by atoms with Gasteiger partial charge in [-0.3, -0.25) is 0 Å². The van der Waals surface area contributed by atoms with E-state index in [2.05, 4.69) is 12.2 Å². The van der Waals surface area contributed by atoms with E-state index in [1.54, 1.807) is 0 Å². The van der Waals surface area contributed by atoms with Crippen molar-refractivity contribution in [2.45, 2.75) is 39.2 Å². The van der Waals surface area contributed by atoms with Crippen LogP contribution in [0.1, 0.15) is 32.3 Å². The summed E-state index contributed by atoms with van der Waals surface area (Å²) >= 11 is 5.88. The maximum Gasteiger partial charge on any atom is 0.163 e. The van der Waals surface area contributed by atoms with E-state index in [0.29, 0.717) is 17.5 Å². The Kier molecular flexibility index (Phi) is 5.86. The molecule has 0 heterocycles. The van der Waals surface area contributed by atoms with Crippen LogP contribution in [0.25, 0.3) is 0 Å². The third kappa shape index (κ3) is 3.93. The number of hydrogen-bond donors (Lipinski definition) is 1. The molecule has 1 rings (SSSR count). The highest BCUT2D eigenvalue weighted by molar-refractivity contribution is 6.31. The Hall–Kier alpha value is -0.670. The van der Waals surface area contributed by atoms with Gasteiger partial charge in [0.15, 0.2) is 11.6 Å². The Morgan fingerprint density at radius 2 is 2.00 bits per heavy atom. The van der Waals surface area contributed by atoms with Gasteiger partial charge < -0.3 is 5.32 Å². The lowest BCUT2D eigenvalue weighted by atomic mass is 10.0. The van der Waals surface area contributed by atoms with Crippen molar-refractivity contribution in [1.29, 1.82) is 0 Å². The summed E-state index contributed by atoms with van der Waals surface area (Å²) < 4.78 is 26.6. The Morgan fingerprint density at radius 3 is 2.59 bits per heavy atom. The van der Waals surface area contributed by atoms with Crippen molar-refractivity contribution in [2.75, 3.05) is 6.54 Å². The van der Waals surface area contributed by atoms with E-state index in [1.807, 2.05) is 6.92 Å². The number of rotatable bonds is 6. The smallest absolute Gasteiger partial charge is 0.163 e. The Labute approximate surface area is 106 Å². The summed E-state index contributed by atoms with van der Waals surface area (Å²) in [4.78, 5) is 0. The molecule has 0 radical (unpaired) electrons. The molecule has 1 aromatic rings. The summed E-state index contributed by atoms with van der Waals surface area (Å²) in [6.07, 6.45) is 2.17. The van der Waals surface area contributed by atoms with Crippen molar-refractivity contribution in [2.24, 2.45) is 0 Å². The van der Waals surface area contributed by atoms with Gasteiger partial charge in [0.25, 0.3) is 0 Å². The molecule has 0 saturated carbocycles. The van der Waals surface area contributed by atoms with E-state index in [1.165, 1.54) is 6.07 Å². The fourth-order valence-corrected chi connectivity index (χ4v) is 2.10. The van der Waals surface area contributed by atoms with E-state index in [-0.39, 0.29) is 5.56 Å². The zero-order valence-electron chi connectivity index (χ0n) is 10.2. The van der Waals surface area contributed by atoms with Gasteiger partial charge in [-0.25, -0.2) is 8.78 Å². The van der Waals surface area contributed by atoms with Gasteiger partial charge in [-0.1, -0.05) is 25.4 Å². The van der Waals surface area contributed by atoms with Crippen molar-refractivity contribution in [3.05, 3.63) is 34.4 Å². The Bertz CT molecular complexity index is 369. The van der Waals surface area contributed by atoms with Crippen molar-refractivity contribution in [3.63, 3.8) is 0 Å². The molecule has 0 aromatic heterocycles. The summed E-state index contributed by atoms with van der Waals surface area (Å²) in [7, 11) is 0. The minimum absolute atomic E-state index is 0.281. The fraction of sp³-hybridized carbons (Fsp3) is 0.538. The van der Waals surface area contributed by atoms with Crippen LogP contribution < -0.4 is 5.32 Å². The fourth-order valence-electron chi connectivity index (χ4n) is 1.86. The molecular weight excluding hydrogens is 244 g/mol. The SMILES string of the molecule is CCNC(CC)CCc1c(Cl)ccc(F)c1F. The molecule has 0 aliphatic rings. The van der Waals surface area contributed by atoms with Gasteiger partial charge in [0.2, 0.25) is 0 Å². The quantitative estimate of drug-likeness (QED) is 0.765. The van der Waals surface area contributed by atoms with Crippen LogP contribution in [0.15, 0.2) is 12.1 Å². The standard InChI is InChI=1S/C13H18ClF2N/c1-3-9(17-4-2)5-6-10-11(14)7-8-12(15)13(10)16/h7-9,17H,3-6H2,1-2H3. The highest BCUT2D eigenvalue weighted by Gasteiger charge is 2.14. The summed E-state index contributed by atoms with van der Waals surface area (Å²) in [5.41, 5.74) is 0.281. The number of benzene rings is 1. The minimum atomic E-state index is -0.833. The van der Waals surface area contributed by atoms with E-state index in [9.17, 15) is 8.78 Å². The van der Waals surface area contributed by atoms with Crippen molar-refractivity contribution < 1.29 is 8.78 Å². The lowest BCUT2D eigenvalue weighted by Crippen LogP contribution is -2.28. The topological polar surface area (TPSA) is 12.0 Å². The molecule has 17 heavy (non-hydrogen) atoms. The largest absolute Gasteiger partial charge is 0.314 e. The van der Waals surface area contributed by atoms with Gasteiger partial charge in [0.05, 0.1) is 0 Å². The van der Waals surface area contributed by atoms with Crippen LogP contribution in [0.4, 0.5) is 8.78 Å². The molecule has 0 aliphatic carbocycles. The van der Waals surface area contributed by atoms with Crippen LogP contribution in [0.3, 0.4) is 0 Å². The summed E-state index contributed by atoms with van der Waals surface area (Å²) in [6, 6.07) is 2.78. The van der Waals surface area contributed by atoms with Crippen LogP contribution in [0.5, 0.6) is 0 Å². The van der Waals surface area contributed by atoms with Gasteiger partial charge in [0.1, 0.15) is 0 Å². The van der Waals surface area contributed by atoms with Gasteiger partial charge in [-0.05, 0) is 37.9 Å². The molecule has 0 saturated heterocycles. The van der Waals surface area contributed by atoms with Gasteiger partial charge in [-0.2, -0.15) is 0 Å². The molecule has 0 amide bonds. The van der Waals surface area contributed by atoms with E-state index in [0.717, 1.165) is 25.5 Å². The van der Waals surface area contributed by atoms with Gasteiger partial charge in [0, 0.05) is 16.6 Å². The van der Waals surface area contributed by atoms with E-state index in [4.69, 9.17) is 11.6 Å². The number of halogens is 3. The molecular formula is C13H18ClF2N. The molecule has 1 unspecified atom stereocenters. The average Bonchev–Trinajstić information content (AvgIpc) is 2.32. The van der Waals surface area contributed by atoms with Crippen LogP contribution >= 0.6 is 11.6 Å². The maximum atomic E-state index is 13.5. The molecule has 1 nitrogen and oxygen atoms in total. The molecule has 4 heteroatoms. The van der Waals surface area contributed by atoms with E-state index < -0.39 is 11.6 Å². The first-order valence-electron chi connectivity index (χ1n) is 5.95. The third-order valence-corrected chi connectivity index (χ3v) is 3.22. The second-order valence-corrected chi connectivity index (χ2v) is 4.43. The molecule has 1 atom stereocenters. The average molecular weight is 262 g/mol. The highest BCUT2D eigenvalue weighted by Crippen LogP contribution is 2.23. The molecule has 0 fully saturated rings. The van der Waals surface area contributed by atoms with Crippen LogP contribution in [0, 0.1) is 11.6 Å². The highest BCUT2D eigenvalue weighted by atomic mass is 35.5. The van der Waals surface area contributed by atoms with Crippen LogP contribution in [-0.4, -0.2) is 12.6 Å². The van der Waals surface area contributed by atoms with Crippen LogP contribution in [0.2, 0.25) is 5.02 Å². The predicted molar refractivity (Wildman–Crippen MR) is 67.4 cm³/mol. The second kappa shape index (κ2) is 6.92. The number of nitrogens with one attached hydrogen (secondary N) is 1. The number of hydrogen-bond acceptors (Lipinski definition) is 1. The Morgan fingerprint density at radius 1 is 1.29 bits per heavy atom. The summed E-state index contributed by atoms with van der Waals surface area (Å²) in [5.74, 6) is -1.65. The first-order chi connectivity index (χ1) is 8.10. The minimum Gasteiger partial charge on any atom is -0.314 e. The Balaban J connectivity index is 2.71. The predicted octanol–water partition coefficient (Wildman–Crippen LogP) is 3.94. The second-order valence-electron chi connectivity index (χ2n) is 4.02. The lowest BCUT2D eigenvalue weighted by molar-refractivity contribution is 0.464. The molecule has 96 valence electrons. The van der Waals surface area contributed by atoms with Crippen molar-refractivity contribution in [1.82, 2.24) is 5.32 Å². The monoisotopic (exact) mass is 261 g/mol. The zero-order chi connectivity index (χ0) is 12.8. The molecule has 0 spiro atoms. The van der Waals surface area contributed by atoms with E-state index >= 15 is 0 Å². The molecule has 0 aliphatic heterocycles. The maximum absolute atomic E-state index is 13.5. The molecule has 0 bridgehead atoms.